The van der Waals surface area contributed by atoms with Crippen LogP contribution < -0.4 is 10.6 Å². The maximum atomic E-state index is 14.1. The molecule has 6 nitrogen and oxygen atoms in total. The van der Waals surface area contributed by atoms with Crippen LogP contribution in [-0.2, 0) is 4.79 Å². The number of nitrogens with one attached hydrogen (secondary N) is 2. The fraction of sp³-hybridized carbons (Fsp3) is 0.133. The summed E-state index contributed by atoms with van der Waals surface area (Å²) in [5, 5.41) is 23.0. The largest absolute Gasteiger partial charge is 0.507 e. The molecule has 0 spiro atoms. The standard InChI is InChI=1S/C15H15FN4O2/c1-17-14-5-4-12(19-20-14)10-8-11(16)9(7-13(10)21)3-6-15(22)18-2/h3-8,21H,1-2H3,(H,17,20)(H,18,22)/b6-3+. The van der Waals surface area contributed by atoms with Crippen LogP contribution in [0.2, 0.25) is 0 Å². The molecule has 22 heavy (non-hydrogen) atoms. The van der Waals surface area contributed by atoms with Gasteiger partial charge < -0.3 is 15.7 Å². The van der Waals surface area contributed by atoms with E-state index in [9.17, 15) is 14.3 Å². The van der Waals surface area contributed by atoms with Gasteiger partial charge in [0.05, 0.1) is 5.69 Å². The van der Waals surface area contributed by atoms with E-state index in [-0.39, 0.29) is 22.8 Å². The van der Waals surface area contributed by atoms with Crippen LogP contribution in [0.3, 0.4) is 0 Å². The number of phenols is 1. The summed E-state index contributed by atoms with van der Waals surface area (Å²) in [4.78, 5) is 11.1. The molecule has 2 aromatic rings. The molecule has 7 heteroatoms. The van der Waals surface area contributed by atoms with E-state index in [1.54, 1.807) is 19.2 Å². The van der Waals surface area contributed by atoms with Crippen molar-refractivity contribution >= 4 is 17.8 Å². The molecule has 0 aliphatic rings. The van der Waals surface area contributed by atoms with Crippen molar-refractivity contribution in [3.05, 3.63) is 41.7 Å². The predicted molar refractivity (Wildman–Crippen MR) is 81.7 cm³/mol. The number of carbonyl (C=O) groups is 1. The van der Waals surface area contributed by atoms with Crippen molar-refractivity contribution in [3.63, 3.8) is 0 Å². The SMILES string of the molecule is CNC(=O)/C=C/c1cc(O)c(-c2ccc(NC)nn2)cc1F. The minimum Gasteiger partial charge on any atom is -0.507 e. The maximum Gasteiger partial charge on any atom is 0.243 e. The summed E-state index contributed by atoms with van der Waals surface area (Å²) in [7, 11) is 3.17. The van der Waals surface area contributed by atoms with E-state index in [1.807, 2.05) is 0 Å². The highest BCUT2D eigenvalue weighted by molar-refractivity contribution is 5.91. The molecule has 1 amide bonds. The number of carbonyl (C=O) groups excluding carboxylic acids is 1. The lowest BCUT2D eigenvalue weighted by Crippen LogP contribution is -2.13. The van der Waals surface area contributed by atoms with Crippen molar-refractivity contribution in [2.24, 2.45) is 0 Å². The maximum absolute atomic E-state index is 14.1. The number of aromatic hydroxyl groups is 1. The second kappa shape index (κ2) is 6.66. The van der Waals surface area contributed by atoms with Gasteiger partial charge in [-0.15, -0.1) is 10.2 Å². The van der Waals surface area contributed by atoms with Crippen LogP contribution in [-0.4, -0.2) is 35.3 Å². The van der Waals surface area contributed by atoms with Gasteiger partial charge in [0.1, 0.15) is 17.4 Å². The molecule has 2 rings (SSSR count). The lowest BCUT2D eigenvalue weighted by Gasteiger charge is -2.07. The van der Waals surface area contributed by atoms with Gasteiger partial charge in [-0.3, -0.25) is 4.79 Å². The summed E-state index contributed by atoms with van der Waals surface area (Å²) in [6, 6.07) is 5.67. The van der Waals surface area contributed by atoms with E-state index in [0.717, 1.165) is 6.07 Å². The van der Waals surface area contributed by atoms with E-state index in [0.29, 0.717) is 11.5 Å². The van der Waals surface area contributed by atoms with Gasteiger partial charge in [0, 0.05) is 31.3 Å². The van der Waals surface area contributed by atoms with Gasteiger partial charge in [0.2, 0.25) is 5.91 Å². The Labute approximate surface area is 126 Å². The molecule has 0 fully saturated rings. The third-order valence-electron chi connectivity index (χ3n) is 2.97. The zero-order valence-electron chi connectivity index (χ0n) is 12.1. The first-order valence-corrected chi connectivity index (χ1v) is 6.49. The number of hydrogen-bond acceptors (Lipinski definition) is 5. The number of halogens is 1. The van der Waals surface area contributed by atoms with Crippen LogP contribution >= 0.6 is 0 Å². The average molecular weight is 302 g/mol. The van der Waals surface area contributed by atoms with E-state index < -0.39 is 5.82 Å². The highest BCUT2D eigenvalue weighted by Gasteiger charge is 2.11. The van der Waals surface area contributed by atoms with Crippen molar-refractivity contribution in [3.8, 4) is 17.0 Å². The summed E-state index contributed by atoms with van der Waals surface area (Å²) in [5.74, 6) is -0.526. The molecule has 0 saturated heterocycles. The molecule has 0 bridgehead atoms. The molecule has 114 valence electrons. The third kappa shape index (κ3) is 3.38. The lowest BCUT2D eigenvalue weighted by atomic mass is 10.1. The molecule has 1 aromatic heterocycles. The predicted octanol–water partition coefficient (Wildman–Crippen LogP) is 1.79. The fourth-order valence-corrected chi connectivity index (χ4v) is 1.77. The number of benzene rings is 1. The smallest absolute Gasteiger partial charge is 0.243 e. The van der Waals surface area contributed by atoms with Crippen molar-refractivity contribution in [2.45, 2.75) is 0 Å². The minimum absolute atomic E-state index is 0.102. The minimum atomic E-state index is -0.576. The van der Waals surface area contributed by atoms with Crippen molar-refractivity contribution in [1.29, 1.82) is 0 Å². The lowest BCUT2D eigenvalue weighted by molar-refractivity contribution is -0.115. The molecule has 0 unspecified atom stereocenters. The van der Waals surface area contributed by atoms with Crippen LogP contribution in [0.1, 0.15) is 5.56 Å². The van der Waals surface area contributed by atoms with Gasteiger partial charge >= 0.3 is 0 Å². The van der Waals surface area contributed by atoms with Crippen LogP contribution in [0.15, 0.2) is 30.3 Å². The van der Waals surface area contributed by atoms with Crippen molar-refractivity contribution < 1.29 is 14.3 Å². The van der Waals surface area contributed by atoms with E-state index in [4.69, 9.17) is 0 Å². The number of amides is 1. The first kappa shape index (κ1) is 15.4. The monoisotopic (exact) mass is 302 g/mol. The van der Waals surface area contributed by atoms with E-state index in [1.165, 1.54) is 25.3 Å². The van der Waals surface area contributed by atoms with Crippen LogP contribution in [0, 0.1) is 5.82 Å². The van der Waals surface area contributed by atoms with Gasteiger partial charge in [-0.25, -0.2) is 4.39 Å². The van der Waals surface area contributed by atoms with Crippen LogP contribution in [0.5, 0.6) is 5.75 Å². The van der Waals surface area contributed by atoms with Crippen LogP contribution in [0.25, 0.3) is 17.3 Å². The van der Waals surface area contributed by atoms with E-state index >= 15 is 0 Å². The molecule has 0 radical (unpaired) electrons. The summed E-state index contributed by atoms with van der Waals surface area (Å²) in [6.45, 7) is 0. The van der Waals surface area contributed by atoms with Gasteiger partial charge in [0.25, 0.3) is 0 Å². The highest BCUT2D eigenvalue weighted by atomic mass is 19.1. The number of likely N-dealkylation sites (N-methyl/N-ethyl adjacent to an activating group) is 1. The fourth-order valence-electron chi connectivity index (χ4n) is 1.77. The number of hydrogen-bond donors (Lipinski definition) is 3. The van der Waals surface area contributed by atoms with Crippen LogP contribution in [0.4, 0.5) is 10.2 Å². The highest BCUT2D eigenvalue weighted by Crippen LogP contribution is 2.30. The number of phenolic OH excluding ortho intramolecular Hbond substituents is 1. The Bertz CT molecular complexity index is 714. The summed E-state index contributed by atoms with van der Waals surface area (Å²) < 4.78 is 14.1. The Hall–Kier alpha value is -2.96. The quantitative estimate of drug-likeness (QED) is 0.750. The third-order valence-corrected chi connectivity index (χ3v) is 2.97. The number of anilines is 1. The summed E-state index contributed by atoms with van der Waals surface area (Å²) in [6.07, 6.45) is 2.46. The molecular formula is C15H15FN4O2. The molecule has 0 atom stereocenters. The zero-order valence-corrected chi connectivity index (χ0v) is 12.1. The van der Waals surface area contributed by atoms with Gasteiger partial charge in [0.15, 0.2) is 0 Å². The Morgan fingerprint density at radius 1 is 1.27 bits per heavy atom. The average Bonchev–Trinajstić information content (AvgIpc) is 2.55. The van der Waals surface area contributed by atoms with Gasteiger partial charge in [-0.2, -0.15) is 0 Å². The topological polar surface area (TPSA) is 87.1 Å². The summed E-state index contributed by atoms with van der Waals surface area (Å²) >= 11 is 0. The van der Waals surface area contributed by atoms with Gasteiger partial charge in [-0.05, 0) is 30.3 Å². The van der Waals surface area contributed by atoms with E-state index in [2.05, 4.69) is 20.8 Å². The second-order valence-electron chi connectivity index (χ2n) is 4.39. The molecular weight excluding hydrogens is 287 g/mol. The second-order valence-corrected chi connectivity index (χ2v) is 4.39. The zero-order chi connectivity index (χ0) is 16.1. The summed E-state index contributed by atoms with van der Waals surface area (Å²) in [5.41, 5.74) is 0.673. The Balaban J connectivity index is 2.36. The molecule has 1 aromatic carbocycles. The Morgan fingerprint density at radius 3 is 2.64 bits per heavy atom. The number of nitrogens with zero attached hydrogens (tertiary/aromatic N) is 2. The molecule has 0 saturated carbocycles. The molecule has 1 heterocycles. The van der Waals surface area contributed by atoms with Crippen molar-refractivity contribution in [1.82, 2.24) is 15.5 Å². The first-order chi connectivity index (χ1) is 10.5. The Morgan fingerprint density at radius 2 is 2.05 bits per heavy atom. The molecule has 0 aliphatic heterocycles. The van der Waals surface area contributed by atoms with Crippen molar-refractivity contribution in [2.75, 3.05) is 19.4 Å². The normalized spacial score (nSPS) is 10.7. The Kier molecular flexibility index (Phi) is 4.67. The number of rotatable bonds is 4. The first-order valence-electron chi connectivity index (χ1n) is 6.49. The number of aromatic nitrogens is 2. The molecule has 0 aliphatic carbocycles. The molecule has 3 N–H and O–H groups in total. The van der Waals surface area contributed by atoms with Gasteiger partial charge in [-0.1, -0.05) is 0 Å².